The smallest absolute Gasteiger partial charge is 0.407 e. The SMILES string of the molecule is COc1cnc2ccc(F)c(CN[C@H]3CC[C@H](NC(=O)OC(C)(C)C)CC3)c2n1. The molecule has 8 heteroatoms. The average Bonchev–Trinajstić information content (AvgIpc) is 2.66. The van der Waals surface area contributed by atoms with Crippen molar-refractivity contribution in [2.75, 3.05) is 7.11 Å². The normalized spacial score (nSPS) is 19.8. The summed E-state index contributed by atoms with van der Waals surface area (Å²) in [4.78, 5) is 20.6. The number of nitrogens with zero attached hydrogens (tertiary/aromatic N) is 2. The number of amides is 1. The van der Waals surface area contributed by atoms with Gasteiger partial charge in [0.25, 0.3) is 0 Å². The van der Waals surface area contributed by atoms with Crippen LogP contribution in [0, 0.1) is 5.82 Å². The molecule has 1 heterocycles. The van der Waals surface area contributed by atoms with Crippen LogP contribution in [0.4, 0.5) is 9.18 Å². The van der Waals surface area contributed by atoms with Crippen molar-refractivity contribution >= 4 is 17.1 Å². The molecule has 0 radical (unpaired) electrons. The molecule has 0 bridgehead atoms. The number of alkyl carbamates (subject to hydrolysis) is 1. The van der Waals surface area contributed by atoms with E-state index in [0.717, 1.165) is 25.7 Å². The molecular weight excluding hydrogens is 375 g/mol. The molecule has 0 unspecified atom stereocenters. The van der Waals surface area contributed by atoms with Crippen LogP contribution in [0.3, 0.4) is 0 Å². The van der Waals surface area contributed by atoms with E-state index in [-0.39, 0.29) is 24.0 Å². The van der Waals surface area contributed by atoms with Gasteiger partial charge in [-0.25, -0.2) is 19.2 Å². The number of methoxy groups -OCH3 is 1. The van der Waals surface area contributed by atoms with Crippen LogP contribution in [0.25, 0.3) is 11.0 Å². The van der Waals surface area contributed by atoms with Crippen LogP contribution < -0.4 is 15.4 Å². The first-order valence-electron chi connectivity index (χ1n) is 9.96. The molecule has 7 nitrogen and oxygen atoms in total. The minimum Gasteiger partial charge on any atom is -0.480 e. The fourth-order valence-corrected chi connectivity index (χ4v) is 3.52. The summed E-state index contributed by atoms with van der Waals surface area (Å²) in [6.07, 6.45) is 4.63. The molecule has 0 aliphatic heterocycles. The summed E-state index contributed by atoms with van der Waals surface area (Å²) in [5.41, 5.74) is 1.13. The number of rotatable bonds is 5. The molecule has 1 aromatic carbocycles. The maximum Gasteiger partial charge on any atom is 0.407 e. The number of carbonyl (C=O) groups is 1. The molecule has 29 heavy (non-hydrogen) atoms. The van der Waals surface area contributed by atoms with Gasteiger partial charge >= 0.3 is 6.09 Å². The molecule has 3 rings (SSSR count). The molecule has 1 aliphatic rings. The Labute approximate surface area is 170 Å². The number of halogens is 1. The second kappa shape index (κ2) is 8.90. The number of ether oxygens (including phenoxy) is 2. The summed E-state index contributed by atoms with van der Waals surface area (Å²) >= 11 is 0. The summed E-state index contributed by atoms with van der Waals surface area (Å²) in [6, 6.07) is 3.39. The summed E-state index contributed by atoms with van der Waals surface area (Å²) in [6.45, 7) is 5.90. The minimum atomic E-state index is -0.503. The molecule has 1 saturated carbocycles. The number of hydrogen-bond donors (Lipinski definition) is 2. The first-order chi connectivity index (χ1) is 13.7. The Morgan fingerprint density at radius 2 is 1.90 bits per heavy atom. The molecular formula is C21H29FN4O3. The lowest BCUT2D eigenvalue weighted by Gasteiger charge is -2.30. The van der Waals surface area contributed by atoms with E-state index in [1.54, 1.807) is 6.07 Å². The molecule has 2 N–H and O–H groups in total. The molecule has 0 saturated heterocycles. The molecule has 1 amide bonds. The van der Waals surface area contributed by atoms with Crippen molar-refractivity contribution in [1.82, 2.24) is 20.6 Å². The van der Waals surface area contributed by atoms with Gasteiger partial charge < -0.3 is 20.1 Å². The quantitative estimate of drug-likeness (QED) is 0.790. The second-order valence-electron chi connectivity index (χ2n) is 8.38. The molecule has 1 aliphatic carbocycles. The van der Waals surface area contributed by atoms with Crippen molar-refractivity contribution in [3.63, 3.8) is 0 Å². The largest absolute Gasteiger partial charge is 0.480 e. The van der Waals surface area contributed by atoms with E-state index in [0.29, 0.717) is 29.0 Å². The summed E-state index contributed by atoms with van der Waals surface area (Å²) in [5.74, 6) is 0.0471. The average molecular weight is 404 g/mol. The van der Waals surface area contributed by atoms with Gasteiger partial charge in [0.15, 0.2) is 0 Å². The maximum absolute atomic E-state index is 14.4. The summed E-state index contributed by atoms with van der Waals surface area (Å²) in [5, 5.41) is 6.36. The van der Waals surface area contributed by atoms with E-state index in [4.69, 9.17) is 9.47 Å². The van der Waals surface area contributed by atoms with Gasteiger partial charge in [0.2, 0.25) is 5.88 Å². The number of carbonyl (C=O) groups excluding carboxylic acids is 1. The van der Waals surface area contributed by atoms with E-state index >= 15 is 0 Å². The summed E-state index contributed by atoms with van der Waals surface area (Å²) < 4.78 is 24.9. The van der Waals surface area contributed by atoms with Gasteiger partial charge in [0.05, 0.1) is 18.8 Å². The zero-order chi connectivity index (χ0) is 21.0. The van der Waals surface area contributed by atoms with Gasteiger partial charge in [-0.3, -0.25) is 0 Å². The number of nitrogens with one attached hydrogen (secondary N) is 2. The Balaban J connectivity index is 1.56. The number of fused-ring (bicyclic) bond motifs is 1. The zero-order valence-electron chi connectivity index (χ0n) is 17.4. The fourth-order valence-electron chi connectivity index (χ4n) is 3.52. The second-order valence-corrected chi connectivity index (χ2v) is 8.38. The summed E-state index contributed by atoms with van der Waals surface area (Å²) in [7, 11) is 1.51. The van der Waals surface area contributed by atoms with Gasteiger partial charge in [0, 0.05) is 24.2 Å². The lowest BCUT2D eigenvalue weighted by molar-refractivity contribution is 0.0489. The lowest BCUT2D eigenvalue weighted by Crippen LogP contribution is -2.43. The maximum atomic E-state index is 14.4. The van der Waals surface area contributed by atoms with Gasteiger partial charge in [-0.1, -0.05) is 0 Å². The van der Waals surface area contributed by atoms with Crippen LogP contribution >= 0.6 is 0 Å². The highest BCUT2D eigenvalue weighted by Crippen LogP contribution is 2.23. The Morgan fingerprint density at radius 3 is 2.55 bits per heavy atom. The molecule has 0 spiro atoms. The monoisotopic (exact) mass is 404 g/mol. The van der Waals surface area contributed by atoms with Crippen molar-refractivity contribution < 1.29 is 18.7 Å². The predicted octanol–water partition coefficient (Wildman–Crippen LogP) is 3.70. The van der Waals surface area contributed by atoms with Crippen LogP contribution in [0.2, 0.25) is 0 Å². The van der Waals surface area contributed by atoms with E-state index < -0.39 is 5.60 Å². The van der Waals surface area contributed by atoms with Crippen molar-refractivity contribution in [3.8, 4) is 5.88 Å². The van der Waals surface area contributed by atoms with Gasteiger partial charge in [-0.15, -0.1) is 0 Å². The van der Waals surface area contributed by atoms with Gasteiger partial charge in [0.1, 0.15) is 16.9 Å². The molecule has 158 valence electrons. The standard InChI is InChI=1S/C21H29FN4O3/c1-21(2,3)29-20(27)25-14-7-5-13(6-8-14)23-11-15-16(22)9-10-17-19(15)26-18(28-4)12-24-17/h9-10,12-14,23H,5-8,11H2,1-4H3,(H,25,27)/t13-,14-. The van der Waals surface area contributed by atoms with Crippen molar-refractivity contribution in [3.05, 3.63) is 29.7 Å². The first-order valence-corrected chi connectivity index (χ1v) is 9.96. The molecule has 0 atom stereocenters. The topological polar surface area (TPSA) is 85.4 Å². The Kier molecular flexibility index (Phi) is 6.52. The van der Waals surface area contributed by atoms with Crippen LogP contribution in [0.15, 0.2) is 18.3 Å². The van der Waals surface area contributed by atoms with Crippen LogP contribution in [-0.2, 0) is 11.3 Å². The first kappa shape index (κ1) is 21.2. The zero-order valence-corrected chi connectivity index (χ0v) is 17.4. The van der Waals surface area contributed by atoms with E-state index in [2.05, 4.69) is 20.6 Å². The Bertz CT molecular complexity index is 861. The minimum absolute atomic E-state index is 0.104. The number of aromatic nitrogens is 2. The molecule has 1 aromatic heterocycles. The third-order valence-corrected chi connectivity index (χ3v) is 4.97. The van der Waals surface area contributed by atoms with Crippen molar-refractivity contribution in [2.45, 2.75) is 70.7 Å². The third kappa shape index (κ3) is 5.76. The Hall–Kier alpha value is -2.48. The molecule has 2 aromatic rings. The highest BCUT2D eigenvalue weighted by Gasteiger charge is 2.25. The van der Waals surface area contributed by atoms with Gasteiger partial charge in [-0.2, -0.15) is 0 Å². The third-order valence-electron chi connectivity index (χ3n) is 4.97. The highest BCUT2D eigenvalue weighted by molar-refractivity contribution is 5.78. The van der Waals surface area contributed by atoms with E-state index in [1.165, 1.54) is 19.4 Å². The van der Waals surface area contributed by atoms with E-state index in [9.17, 15) is 9.18 Å². The number of hydrogen-bond acceptors (Lipinski definition) is 6. The lowest BCUT2D eigenvalue weighted by atomic mass is 9.91. The van der Waals surface area contributed by atoms with Crippen LogP contribution in [-0.4, -0.2) is 40.9 Å². The highest BCUT2D eigenvalue weighted by atomic mass is 19.1. The van der Waals surface area contributed by atoms with Crippen LogP contribution in [0.5, 0.6) is 5.88 Å². The van der Waals surface area contributed by atoms with E-state index in [1.807, 2.05) is 20.8 Å². The van der Waals surface area contributed by atoms with Crippen molar-refractivity contribution in [1.29, 1.82) is 0 Å². The van der Waals surface area contributed by atoms with Gasteiger partial charge in [-0.05, 0) is 58.6 Å². The van der Waals surface area contributed by atoms with Crippen LogP contribution in [0.1, 0.15) is 52.0 Å². The number of benzene rings is 1. The Morgan fingerprint density at radius 1 is 1.21 bits per heavy atom. The van der Waals surface area contributed by atoms with Crippen molar-refractivity contribution in [2.24, 2.45) is 0 Å². The fraction of sp³-hybridized carbons (Fsp3) is 0.571. The molecule has 1 fully saturated rings. The predicted molar refractivity (Wildman–Crippen MR) is 108 cm³/mol.